The van der Waals surface area contributed by atoms with Crippen LogP contribution in [0.2, 0.25) is 0 Å². The van der Waals surface area contributed by atoms with E-state index in [1.165, 1.54) is 49.6 Å². The summed E-state index contributed by atoms with van der Waals surface area (Å²) < 4.78 is 33.5. The Bertz CT molecular complexity index is 1030. The average molecular weight is 419 g/mol. The molecule has 0 aromatic heterocycles. The number of carbonyl (C=O) groups is 1. The highest BCUT2D eigenvalue weighted by Crippen LogP contribution is 2.28. The third-order valence-electron chi connectivity index (χ3n) is 4.71. The van der Waals surface area contributed by atoms with Crippen LogP contribution < -0.4 is 14.8 Å². The Labute approximate surface area is 168 Å². The van der Waals surface area contributed by atoms with Crippen molar-refractivity contribution in [3.8, 4) is 5.75 Å². The van der Waals surface area contributed by atoms with Gasteiger partial charge >= 0.3 is 0 Å². The van der Waals surface area contributed by atoms with Crippen molar-refractivity contribution < 1.29 is 22.9 Å². The van der Waals surface area contributed by atoms with Gasteiger partial charge in [0, 0.05) is 29.4 Å². The van der Waals surface area contributed by atoms with E-state index in [1.807, 2.05) is 0 Å². The lowest BCUT2D eigenvalue weighted by Crippen LogP contribution is -2.33. The van der Waals surface area contributed by atoms with Crippen molar-refractivity contribution >= 4 is 27.3 Å². The smallest absolute Gasteiger partial charge is 0.271 e. The molecule has 154 valence electrons. The van der Waals surface area contributed by atoms with Gasteiger partial charge in [0.2, 0.25) is 10.0 Å². The minimum atomic E-state index is -3.88. The maximum Gasteiger partial charge on any atom is 0.271 e. The highest BCUT2D eigenvalue weighted by Gasteiger charge is 2.26. The molecule has 2 aromatic carbocycles. The van der Waals surface area contributed by atoms with Crippen LogP contribution in [-0.4, -0.2) is 32.4 Å². The molecule has 1 fully saturated rings. The molecule has 0 bridgehead atoms. The SMILES string of the molecule is COc1ccc(C(=O)Nc2cccc([N+](=O)[O-])c2)cc1S(=O)(=O)NC1CCCC1. The number of benzene rings is 2. The van der Waals surface area contributed by atoms with Crippen LogP contribution in [0.4, 0.5) is 11.4 Å². The number of hydrogen-bond acceptors (Lipinski definition) is 6. The Morgan fingerprint density at radius 3 is 2.55 bits per heavy atom. The lowest BCUT2D eigenvalue weighted by atomic mass is 10.2. The summed E-state index contributed by atoms with van der Waals surface area (Å²) in [5.41, 5.74) is 0.152. The Morgan fingerprint density at radius 2 is 1.90 bits per heavy atom. The highest BCUT2D eigenvalue weighted by molar-refractivity contribution is 7.89. The fourth-order valence-electron chi connectivity index (χ4n) is 3.26. The Hall–Kier alpha value is -2.98. The van der Waals surface area contributed by atoms with E-state index < -0.39 is 20.9 Å². The molecular weight excluding hydrogens is 398 g/mol. The van der Waals surface area contributed by atoms with Crippen molar-refractivity contribution in [2.24, 2.45) is 0 Å². The van der Waals surface area contributed by atoms with Gasteiger partial charge in [-0.15, -0.1) is 0 Å². The summed E-state index contributed by atoms with van der Waals surface area (Å²) in [6.07, 6.45) is 3.48. The number of anilines is 1. The zero-order valence-corrected chi connectivity index (χ0v) is 16.6. The van der Waals surface area contributed by atoms with Crippen LogP contribution in [0.3, 0.4) is 0 Å². The van der Waals surface area contributed by atoms with Crippen LogP contribution in [0.25, 0.3) is 0 Å². The number of non-ortho nitro benzene ring substituents is 1. The first-order valence-electron chi connectivity index (χ1n) is 9.06. The molecule has 10 heteroatoms. The van der Waals surface area contributed by atoms with Gasteiger partial charge in [0.25, 0.3) is 11.6 Å². The van der Waals surface area contributed by atoms with Gasteiger partial charge < -0.3 is 10.1 Å². The first-order chi connectivity index (χ1) is 13.8. The summed E-state index contributed by atoms with van der Waals surface area (Å²) in [6, 6.07) is 9.43. The van der Waals surface area contributed by atoms with Gasteiger partial charge in [0.1, 0.15) is 10.6 Å². The lowest BCUT2D eigenvalue weighted by Gasteiger charge is -2.15. The number of hydrogen-bond donors (Lipinski definition) is 2. The molecule has 3 rings (SSSR count). The first-order valence-corrected chi connectivity index (χ1v) is 10.5. The molecule has 0 radical (unpaired) electrons. The number of nitro groups is 1. The maximum absolute atomic E-state index is 12.8. The van der Waals surface area contributed by atoms with Crippen LogP contribution >= 0.6 is 0 Å². The fraction of sp³-hybridized carbons (Fsp3) is 0.316. The molecular formula is C19H21N3O6S. The van der Waals surface area contributed by atoms with Crippen molar-refractivity contribution in [2.45, 2.75) is 36.6 Å². The molecule has 0 saturated heterocycles. The number of nitrogens with one attached hydrogen (secondary N) is 2. The van der Waals surface area contributed by atoms with E-state index in [1.54, 1.807) is 0 Å². The van der Waals surface area contributed by atoms with E-state index in [9.17, 15) is 23.3 Å². The first kappa shape index (κ1) is 20.7. The van der Waals surface area contributed by atoms with E-state index in [-0.39, 0.29) is 33.6 Å². The maximum atomic E-state index is 12.8. The van der Waals surface area contributed by atoms with E-state index in [0.717, 1.165) is 25.7 Å². The van der Waals surface area contributed by atoms with Gasteiger partial charge in [-0.2, -0.15) is 0 Å². The molecule has 1 aliphatic rings. The summed E-state index contributed by atoms with van der Waals surface area (Å²) in [5.74, 6) is -0.465. The number of rotatable bonds is 7. The van der Waals surface area contributed by atoms with Gasteiger partial charge in [0.05, 0.1) is 12.0 Å². The van der Waals surface area contributed by atoms with Gasteiger partial charge in [0.15, 0.2) is 0 Å². The summed E-state index contributed by atoms with van der Waals surface area (Å²) >= 11 is 0. The number of carbonyl (C=O) groups excluding carboxylic acids is 1. The zero-order valence-electron chi connectivity index (χ0n) is 15.8. The molecule has 2 N–H and O–H groups in total. The molecule has 2 aromatic rings. The van der Waals surface area contributed by atoms with Gasteiger partial charge in [-0.3, -0.25) is 14.9 Å². The Balaban J connectivity index is 1.86. The monoisotopic (exact) mass is 419 g/mol. The second-order valence-electron chi connectivity index (χ2n) is 6.73. The number of sulfonamides is 1. The van der Waals surface area contributed by atoms with Crippen molar-refractivity contribution in [1.82, 2.24) is 4.72 Å². The van der Waals surface area contributed by atoms with Crippen molar-refractivity contribution in [2.75, 3.05) is 12.4 Å². The standard InChI is InChI=1S/C19H21N3O6S/c1-28-17-10-9-13(11-18(17)29(26,27)21-14-5-2-3-6-14)19(23)20-15-7-4-8-16(12-15)22(24)25/h4,7-12,14,21H,2-3,5-6H2,1H3,(H,20,23). The molecule has 1 saturated carbocycles. The fourth-order valence-corrected chi connectivity index (χ4v) is 4.75. The lowest BCUT2D eigenvalue weighted by molar-refractivity contribution is -0.384. The molecule has 0 spiro atoms. The second kappa shape index (κ2) is 8.58. The summed E-state index contributed by atoms with van der Waals surface area (Å²) in [4.78, 5) is 22.8. The predicted molar refractivity (Wildman–Crippen MR) is 107 cm³/mol. The number of ether oxygens (including phenoxy) is 1. The normalized spacial score (nSPS) is 14.5. The van der Waals surface area contributed by atoms with E-state index in [2.05, 4.69) is 10.0 Å². The number of methoxy groups -OCH3 is 1. The number of nitrogens with zero attached hydrogens (tertiary/aromatic N) is 1. The van der Waals surface area contributed by atoms with Crippen molar-refractivity contribution in [1.29, 1.82) is 0 Å². The third-order valence-corrected chi connectivity index (χ3v) is 6.25. The molecule has 9 nitrogen and oxygen atoms in total. The Kier molecular flexibility index (Phi) is 6.14. The summed E-state index contributed by atoms with van der Waals surface area (Å²) in [6.45, 7) is 0. The van der Waals surface area contributed by atoms with Crippen LogP contribution in [0.5, 0.6) is 5.75 Å². The zero-order chi connectivity index (χ0) is 21.0. The number of nitro benzene ring substituents is 1. The van der Waals surface area contributed by atoms with Crippen LogP contribution in [0.15, 0.2) is 47.4 Å². The van der Waals surface area contributed by atoms with Crippen LogP contribution in [0.1, 0.15) is 36.0 Å². The van der Waals surface area contributed by atoms with Crippen LogP contribution in [0, 0.1) is 10.1 Å². The topological polar surface area (TPSA) is 128 Å². The molecule has 1 aliphatic carbocycles. The van der Waals surface area contributed by atoms with E-state index >= 15 is 0 Å². The average Bonchev–Trinajstić information content (AvgIpc) is 3.20. The minimum Gasteiger partial charge on any atom is -0.495 e. The van der Waals surface area contributed by atoms with Crippen molar-refractivity contribution in [3.05, 3.63) is 58.1 Å². The molecule has 29 heavy (non-hydrogen) atoms. The van der Waals surface area contributed by atoms with Gasteiger partial charge in [-0.1, -0.05) is 18.9 Å². The minimum absolute atomic E-state index is 0.0871. The molecule has 0 unspecified atom stereocenters. The summed E-state index contributed by atoms with van der Waals surface area (Å²) in [5, 5.41) is 13.4. The molecule has 0 heterocycles. The quantitative estimate of drug-likeness (QED) is 0.524. The predicted octanol–water partition coefficient (Wildman–Crippen LogP) is 3.08. The van der Waals surface area contributed by atoms with Gasteiger partial charge in [-0.25, -0.2) is 13.1 Å². The van der Waals surface area contributed by atoms with Crippen molar-refractivity contribution in [3.63, 3.8) is 0 Å². The largest absolute Gasteiger partial charge is 0.495 e. The third kappa shape index (κ3) is 4.90. The van der Waals surface area contributed by atoms with E-state index in [4.69, 9.17) is 4.74 Å². The van der Waals surface area contributed by atoms with E-state index in [0.29, 0.717) is 0 Å². The highest BCUT2D eigenvalue weighted by atomic mass is 32.2. The molecule has 0 atom stereocenters. The molecule has 0 aliphatic heterocycles. The van der Waals surface area contributed by atoms with Crippen LogP contribution in [-0.2, 0) is 10.0 Å². The second-order valence-corrected chi connectivity index (χ2v) is 8.41. The van der Waals surface area contributed by atoms with Gasteiger partial charge in [-0.05, 0) is 37.1 Å². The summed E-state index contributed by atoms with van der Waals surface area (Å²) in [7, 11) is -2.52. The number of amides is 1. The Morgan fingerprint density at radius 1 is 1.17 bits per heavy atom. The molecule has 1 amide bonds.